The Kier molecular flexibility index (Phi) is 7.83. The standard InChI is InChI=1S/C19H25N5O3.ClH/c1-23(2)18(25)13-27-16-7-5-14(6-8-16)21-19(26)17-9-11-24(22-17)15-4-3-10-20-12-15;/h5-9,11,15,20H,3-4,10,12-13H2,1-2H3,(H,21,26);1H. The number of hydrogen-bond donors (Lipinski definition) is 2. The number of rotatable bonds is 6. The second kappa shape index (κ2) is 10.1. The number of carbonyl (C=O) groups excluding carboxylic acids is 2. The molecule has 0 radical (unpaired) electrons. The van der Waals surface area contributed by atoms with E-state index >= 15 is 0 Å². The zero-order valence-electron chi connectivity index (χ0n) is 16.1. The smallest absolute Gasteiger partial charge is 0.276 e. The summed E-state index contributed by atoms with van der Waals surface area (Å²) >= 11 is 0. The van der Waals surface area contributed by atoms with Gasteiger partial charge in [-0.15, -0.1) is 12.4 Å². The van der Waals surface area contributed by atoms with E-state index in [0.29, 0.717) is 23.2 Å². The summed E-state index contributed by atoms with van der Waals surface area (Å²) in [5.74, 6) is 0.197. The van der Waals surface area contributed by atoms with Gasteiger partial charge in [-0.3, -0.25) is 14.3 Å². The van der Waals surface area contributed by atoms with Gasteiger partial charge >= 0.3 is 0 Å². The highest BCUT2D eigenvalue weighted by atomic mass is 35.5. The van der Waals surface area contributed by atoms with Crippen molar-refractivity contribution < 1.29 is 14.3 Å². The van der Waals surface area contributed by atoms with Gasteiger partial charge in [0.1, 0.15) is 5.75 Å². The molecule has 1 saturated heterocycles. The quantitative estimate of drug-likeness (QED) is 0.764. The van der Waals surface area contributed by atoms with Gasteiger partial charge in [0.05, 0.1) is 6.04 Å². The molecule has 0 saturated carbocycles. The maximum absolute atomic E-state index is 12.4. The zero-order chi connectivity index (χ0) is 19.2. The fourth-order valence-electron chi connectivity index (χ4n) is 2.83. The van der Waals surface area contributed by atoms with Crippen molar-refractivity contribution >= 4 is 29.9 Å². The van der Waals surface area contributed by atoms with Crippen molar-refractivity contribution in [3.05, 3.63) is 42.2 Å². The van der Waals surface area contributed by atoms with Gasteiger partial charge in [0.25, 0.3) is 11.8 Å². The Hall–Kier alpha value is -2.58. The predicted octanol–water partition coefficient (Wildman–Crippen LogP) is 1.95. The van der Waals surface area contributed by atoms with E-state index in [1.807, 2.05) is 10.9 Å². The Morgan fingerprint density at radius 1 is 1.29 bits per heavy atom. The first-order chi connectivity index (χ1) is 13.0. The van der Waals surface area contributed by atoms with Crippen LogP contribution in [-0.4, -0.2) is 60.3 Å². The summed E-state index contributed by atoms with van der Waals surface area (Å²) < 4.78 is 7.28. The molecule has 9 heteroatoms. The average Bonchev–Trinajstić information content (AvgIpc) is 3.18. The molecule has 2 N–H and O–H groups in total. The third-order valence-corrected chi connectivity index (χ3v) is 4.46. The molecule has 0 spiro atoms. The predicted molar refractivity (Wildman–Crippen MR) is 109 cm³/mol. The van der Waals surface area contributed by atoms with E-state index in [9.17, 15) is 9.59 Å². The molecule has 0 bridgehead atoms. The first-order valence-corrected chi connectivity index (χ1v) is 9.03. The summed E-state index contributed by atoms with van der Waals surface area (Å²) in [5, 5.41) is 10.6. The zero-order valence-corrected chi connectivity index (χ0v) is 16.9. The molecule has 1 atom stereocenters. The normalized spacial score (nSPS) is 16.0. The lowest BCUT2D eigenvalue weighted by molar-refractivity contribution is -0.130. The van der Waals surface area contributed by atoms with Crippen molar-refractivity contribution in [1.29, 1.82) is 0 Å². The van der Waals surface area contributed by atoms with Crippen LogP contribution in [0.2, 0.25) is 0 Å². The molecule has 152 valence electrons. The molecule has 1 unspecified atom stereocenters. The van der Waals surface area contributed by atoms with Gasteiger partial charge in [0, 0.05) is 32.5 Å². The van der Waals surface area contributed by atoms with Crippen molar-refractivity contribution in [2.45, 2.75) is 18.9 Å². The van der Waals surface area contributed by atoms with Crippen molar-refractivity contribution in [2.24, 2.45) is 0 Å². The molecule has 8 nitrogen and oxygen atoms in total. The molecule has 0 aliphatic carbocycles. The molecule has 2 amide bonds. The first kappa shape index (κ1) is 21.7. The monoisotopic (exact) mass is 407 g/mol. The first-order valence-electron chi connectivity index (χ1n) is 9.03. The van der Waals surface area contributed by atoms with Crippen LogP contribution in [0.4, 0.5) is 5.69 Å². The number of nitrogens with one attached hydrogen (secondary N) is 2. The summed E-state index contributed by atoms with van der Waals surface area (Å²) in [6.45, 7) is 1.89. The molecule has 2 aromatic rings. The van der Waals surface area contributed by atoms with Crippen LogP contribution in [0.15, 0.2) is 36.5 Å². The molecule has 1 fully saturated rings. The number of nitrogens with zero attached hydrogens (tertiary/aromatic N) is 3. The summed E-state index contributed by atoms with van der Waals surface area (Å²) in [6, 6.07) is 8.91. The minimum atomic E-state index is -0.256. The Morgan fingerprint density at radius 2 is 2.04 bits per heavy atom. The molecule has 2 heterocycles. The fraction of sp³-hybridized carbons (Fsp3) is 0.421. The second-order valence-corrected chi connectivity index (χ2v) is 6.74. The summed E-state index contributed by atoms with van der Waals surface area (Å²) in [7, 11) is 3.35. The van der Waals surface area contributed by atoms with E-state index < -0.39 is 0 Å². The number of halogens is 1. The number of benzene rings is 1. The number of anilines is 1. The minimum absolute atomic E-state index is 0. The third kappa shape index (κ3) is 5.71. The highest BCUT2D eigenvalue weighted by Gasteiger charge is 2.17. The van der Waals surface area contributed by atoms with Gasteiger partial charge in [-0.1, -0.05) is 0 Å². The van der Waals surface area contributed by atoms with Crippen LogP contribution in [0.5, 0.6) is 5.75 Å². The lowest BCUT2D eigenvalue weighted by atomic mass is 10.1. The highest BCUT2D eigenvalue weighted by molar-refractivity contribution is 6.02. The maximum atomic E-state index is 12.4. The van der Waals surface area contributed by atoms with Gasteiger partial charge in [-0.05, 0) is 49.7 Å². The Bertz CT molecular complexity index is 785. The maximum Gasteiger partial charge on any atom is 0.276 e. The summed E-state index contributed by atoms with van der Waals surface area (Å²) in [5.41, 5.74) is 1.03. The van der Waals surface area contributed by atoms with E-state index in [0.717, 1.165) is 25.9 Å². The van der Waals surface area contributed by atoms with E-state index in [4.69, 9.17) is 4.74 Å². The van der Waals surface area contributed by atoms with Crippen LogP contribution in [0.1, 0.15) is 29.4 Å². The Morgan fingerprint density at radius 3 is 2.68 bits per heavy atom. The minimum Gasteiger partial charge on any atom is -0.484 e. The van der Waals surface area contributed by atoms with Gasteiger partial charge in [0.15, 0.2) is 12.3 Å². The topological polar surface area (TPSA) is 88.5 Å². The van der Waals surface area contributed by atoms with Crippen LogP contribution < -0.4 is 15.4 Å². The largest absolute Gasteiger partial charge is 0.484 e. The molecule has 28 heavy (non-hydrogen) atoms. The molecular weight excluding hydrogens is 382 g/mol. The van der Waals surface area contributed by atoms with Crippen LogP contribution >= 0.6 is 12.4 Å². The summed E-state index contributed by atoms with van der Waals surface area (Å²) in [6.07, 6.45) is 4.03. The molecule has 1 aromatic carbocycles. The molecule has 1 aliphatic rings. The van der Waals surface area contributed by atoms with E-state index in [1.165, 1.54) is 4.90 Å². The van der Waals surface area contributed by atoms with Crippen LogP contribution in [-0.2, 0) is 4.79 Å². The van der Waals surface area contributed by atoms with Crippen LogP contribution in [0.3, 0.4) is 0 Å². The Balaban J connectivity index is 0.00000280. The SMILES string of the molecule is CN(C)C(=O)COc1ccc(NC(=O)c2ccn(C3CCCNC3)n2)cc1.Cl. The molecule has 1 aliphatic heterocycles. The van der Waals surface area contributed by atoms with Crippen molar-refractivity contribution in [1.82, 2.24) is 20.0 Å². The van der Waals surface area contributed by atoms with Gasteiger partial charge in [-0.2, -0.15) is 5.10 Å². The van der Waals surface area contributed by atoms with E-state index in [-0.39, 0.29) is 30.8 Å². The fourth-order valence-corrected chi connectivity index (χ4v) is 2.83. The number of likely N-dealkylation sites (N-methyl/N-ethyl adjacent to an activating group) is 1. The number of carbonyl (C=O) groups is 2. The van der Waals surface area contributed by atoms with Gasteiger partial charge in [0.2, 0.25) is 0 Å². The van der Waals surface area contributed by atoms with E-state index in [2.05, 4.69) is 15.7 Å². The molecule has 3 rings (SSSR count). The third-order valence-electron chi connectivity index (χ3n) is 4.46. The number of aromatic nitrogens is 2. The van der Waals surface area contributed by atoms with Crippen LogP contribution in [0.25, 0.3) is 0 Å². The average molecular weight is 408 g/mol. The number of amides is 2. The van der Waals surface area contributed by atoms with E-state index in [1.54, 1.807) is 44.4 Å². The second-order valence-electron chi connectivity index (χ2n) is 6.74. The highest BCUT2D eigenvalue weighted by Crippen LogP contribution is 2.18. The van der Waals surface area contributed by atoms with Crippen molar-refractivity contribution in [2.75, 3.05) is 39.1 Å². The number of ether oxygens (including phenoxy) is 1. The number of hydrogen-bond acceptors (Lipinski definition) is 5. The molecule has 1 aromatic heterocycles. The lowest BCUT2D eigenvalue weighted by Gasteiger charge is -2.22. The lowest BCUT2D eigenvalue weighted by Crippen LogP contribution is -2.32. The van der Waals surface area contributed by atoms with Crippen molar-refractivity contribution in [3.8, 4) is 5.75 Å². The summed E-state index contributed by atoms with van der Waals surface area (Å²) in [4.78, 5) is 25.4. The van der Waals surface area contributed by atoms with Crippen molar-refractivity contribution in [3.63, 3.8) is 0 Å². The van der Waals surface area contributed by atoms with Crippen LogP contribution in [0, 0.1) is 0 Å². The molecular formula is C19H26ClN5O3. The number of piperidine rings is 1. The van der Waals surface area contributed by atoms with Gasteiger partial charge < -0.3 is 20.3 Å². The van der Waals surface area contributed by atoms with Gasteiger partial charge in [-0.25, -0.2) is 0 Å². The Labute approximate surface area is 170 Å².